The van der Waals surface area contributed by atoms with Crippen LogP contribution >= 0.6 is 22.9 Å². The zero-order valence-electron chi connectivity index (χ0n) is 17.7. The topological polar surface area (TPSA) is 70.8 Å². The molecular formula is C23H19ClFN5O2S. The van der Waals surface area contributed by atoms with Crippen molar-refractivity contribution in [3.05, 3.63) is 80.9 Å². The van der Waals surface area contributed by atoms with Gasteiger partial charge in [-0.05, 0) is 31.2 Å². The van der Waals surface area contributed by atoms with E-state index >= 15 is 0 Å². The fourth-order valence-electron chi connectivity index (χ4n) is 3.81. The van der Waals surface area contributed by atoms with Gasteiger partial charge >= 0.3 is 0 Å². The minimum absolute atomic E-state index is 0.0768. The average molecular weight is 484 g/mol. The standard InChI is InChI=1S/C23H19ClFN5O2S/c1-14-3-2-4-15(11-14)21-27-30-20(31)13-19(26-23(30)33-21)28-7-9-29(10-8-28)22(32)16-5-6-18(25)17(24)12-16/h2-6,11-13H,7-10H2,1H3. The number of carbonyl (C=O) groups excluding carboxylic acids is 1. The van der Waals surface area contributed by atoms with Crippen molar-refractivity contribution in [2.24, 2.45) is 0 Å². The molecule has 1 fully saturated rings. The molecule has 0 radical (unpaired) electrons. The maximum absolute atomic E-state index is 13.4. The monoisotopic (exact) mass is 483 g/mol. The zero-order chi connectivity index (χ0) is 23.1. The first-order valence-electron chi connectivity index (χ1n) is 10.4. The Morgan fingerprint density at radius 2 is 1.88 bits per heavy atom. The van der Waals surface area contributed by atoms with Gasteiger partial charge in [-0.1, -0.05) is 46.7 Å². The summed E-state index contributed by atoms with van der Waals surface area (Å²) in [5, 5.41) is 5.10. The number of piperazine rings is 1. The molecule has 1 amide bonds. The molecule has 0 unspecified atom stereocenters. The second-order valence-corrected chi connectivity index (χ2v) is 9.19. The fraction of sp³-hybridized carbons (Fsp3) is 0.217. The number of anilines is 1. The van der Waals surface area contributed by atoms with Gasteiger partial charge in [0.2, 0.25) is 4.96 Å². The highest BCUT2D eigenvalue weighted by molar-refractivity contribution is 7.19. The highest BCUT2D eigenvalue weighted by Gasteiger charge is 2.24. The highest BCUT2D eigenvalue weighted by Crippen LogP contribution is 2.26. The molecule has 0 atom stereocenters. The quantitative estimate of drug-likeness (QED) is 0.442. The molecule has 0 spiro atoms. The van der Waals surface area contributed by atoms with Gasteiger partial charge < -0.3 is 9.80 Å². The van der Waals surface area contributed by atoms with Crippen molar-refractivity contribution in [2.75, 3.05) is 31.1 Å². The predicted molar refractivity (Wildman–Crippen MR) is 127 cm³/mol. The van der Waals surface area contributed by atoms with E-state index in [0.717, 1.165) is 16.1 Å². The average Bonchev–Trinajstić information content (AvgIpc) is 3.26. The van der Waals surface area contributed by atoms with Crippen LogP contribution in [-0.4, -0.2) is 51.6 Å². The van der Waals surface area contributed by atoms with E-state index in [0.29, 0.717) is 42.5 Å². The van der Waals surface area contributed by atoms with Crippen LogP contribution in [0.25, 0.3) is 15.5 Å². The lowest BCUT2D eigenvalue weighted by Gasteiger charge is -2.35. The third-order valence-corrected chi connectivity index (χ3v) is 6.80. The van der Waals surface area contributed by atoms with Crippen LogP contribution in [0.15, 0.2) is 53.3 Å². The molecule has 1 saturated heterocycles. The molecule has 7 nitrogen and oxygen atoms in total. The molecule has 0 aliphatic carbocycles. The molecule has 2 aromatic carbocycles. The molecule has 168 valence electrons. The SMILES string of the molecule is Cc1cccc(-c2nn3c(=O)cc(N4CCN(C(=O)c5ccc(F)c(Cl)c5)CC4)nc3s2)c1. The van der Waals surface area contributed by atoms with Crippen LogP contribution in [0.4, 0.5) is 10.2 Å². The largest absolute Gasteiger partial charge is 0.353 e. The van der Waals surface area contributed by atoms with Gasteiger partial charge in [-0.15, -0.1) is 0 Å². The summed E-state index contributed by atoms with van der Waals surface area (Å²) in [4.78, 5) is 34.3. The lowest BCUT2D eigenvalue weighted by atomic mass is 10.1. The number of carbonyl (C=O) groups is 1. The molecule has 1 aliphatic heterocycles. The Bertz CT molecular complexity index is 1430. The van der Waals surface area contributed by atoms with Crippen molar-refractivity contribution >= 4 is 39.6 Å². The summed E-state index contributed by atoms with van der Waals surface area (Å²) < 4.78 is 14.7. The van der Waals surface area contributed by atoms with Crippen molar-refractivity contribution in [1.29, 1.82) is 0 Å². The molecule has 0 saturated carbocycles. The molecule has 1 aliphatic rings. The molecular weight excluding hydrogens is 465 g/mol. The van der Waals surface area contributed by atoms with Crippen LogP contribution < -0.4 is 10.5 Å². The molecule has 0 bridgehead atoms. The van der Waals surface area contributed by atoms with Gasteiger partial charge in [-0.3, -0.25) is 9.59 Å². The first-order valence-corrected chi connectivity index (χ1v) is 11.6. The van der Waals surface area contributed by atoms with Crippen LogP contribution in [0.1, 0.15) is 15.9 Å². The van der Waals surface area contributed by atoms with Crippen molar-refractivity contribution in [3.8, 4) is 10.6 Å². The number of nitrogens with zero attached hydrogens (tertiary/aromatic N) is 5. The summed E-state index contributed by atoms with van der Waals surface area (Å²) in [5.41, 5.74) is 2.16. The first kappa shape index (κ1) is 21.5. The molecule has 0 N–H and O–H groups in total. The summed E-state index contributed by atoms with van der Waals surface area (Å²) in [6.45, 7) is 3.95. The predicted octanol–water partition coefficient (Wildman–Crippen LogP) is 3.88. The highest BCUT2D eigenvalue weighted by atomic mass is 35.5. The summed E-state index contributed by atoms with van der Waals surface area (Å²) in [6.07, 6.45) is 0. The zero-order valence-corrected chi connectivity index (χ0v) is 19.2. The second-order valence-electron chi connectivity index (χ2n) is 7.83. The van der Waals surface area contributed by atoms with Crippen LogP contribution in [0.5, 0.6) is 0 Å². The number of aryl methyl sites for hydroxylation is 1. The second kappa shape index (κ2) is 8.57. The maximum atomic E-state index is 13.4. The van der Waals surface area contributed by atoms with Crippen molar-refractivity contribution in [2.45, 2.75) is 6.92 Å². The van der Waals surface area contributed by atoms with Gasteiger partial charge in [0.05, 0.1) is 5.02 Å². The Morgan fingerprint density at radius 3 is 2.61 bits per heavy atom. The summed E-state index contributed by atoms with van der Waals surface area (Å²) in [7, 11) is 0. The number of benzene rings is 2. The van der Waals surface area contributed by atoms with Crippen LogP contribution in [0.3, 0.4) is 0 Å². The number of fused-ring (bicyclic) bond motifs is 1. The number of hydrogen-bond acceptors (Lipinski definition) is 6. The molecule has 10 heteroatoms. The van der Waals surface area contributed by atoms with Gasteiger partial charge in [0.25, 0.3) is 11.5 Å². The smallest absolute Gasteiger partial charge is 0.277 e. The van der Waals surface area contributed by atoms with E-state index in [1.807, 2.05) is 36.1 Å². The lowest BCUT2D eigenvalue weighted by Crippen LogP contribution is -2.49. The molecule has 3 heterocycles. The first-order chi connectivity index (χ1) is 15.9. The van der Waals surface area contributed by atoms with Crippen LogP contribution in [0.2, 0.25) is 5.02 Å². The number of halogens is 2. The molecule has 4 aromatic rings. The normalized spacial score (nSPS) is 14.2. The Labute approximate surface area is 197 Å². The Kier molecular flexibility index (Phi) is 5.59. The number of rotatable bonds is 3. The maximum Gasteiger partial charge on any atom is 0.277 e. The van der Waals surface area contributed by atoms with E-state index in [1.165, 1.54) is 40.1 Å². The van der Waals surface area contributed by atoms with Crippen LogP contribution in [0, 0.1) is 12.7 Å². The van der Waals surface area contributed by atoms with E-state index in [4.69, 9.17) is 11.6 Å². The van der Waals surface area contributed by atoms with Gasteiger partial charge in [-0.25, -0.2) is 9.37 Å². The Hall–Kier alpha value is -3.30. The van der Waals surface area contributed by atoms with E-state index in [2.05, 4.69) is 10.1 Å². The Morgan fingerprint density at radius 1 is 1.09 bits per heavy atom. The number of aromatic nitrogens is 3. The minimum atomic E-state index is -0.556. The molecule has 2 aromatic heterocycles. The van der Waals surface area contributed by atoms with Crippen molar-refractivity contribution < 1.29 is 9.18 Å². The molecule has 5 rings (SSSR count). The summed E-state index contributed by atoms with van der Waals surface area (Å²) in [6, 6.07) is 13.4. The Balaban J connectivity index is 1.34. The van der Waals surface area contributed by atoms with Gasteiger partial charge in [-0.2, -0.15) is 9.61 Å². The van der Waals surface area contributed by atoms with Gasteiger partial charge in [0.15, 0.2) is 0 Å². The number of amides is 1. The van der Waals surface area contributed by atoms with Crippen molar-refractivity contribution in [3.63, 3.8) is 0 Å². The third kappa shape index (κ3) is 4.21. The number of hydrogen-bond donors (Lipinski definition) is 0. The van der Waals surface area contributed by atoms with Crippen molar-refractivity contribution in [1.82, 2.24) is 19.5 Å². The fourth-order valence-corrected chi connectivity index (χ4v) is 4.88. The lowest BCUT2D eigenvalue weighted by molar-refractivity contribution is 0.0746. The van der Waals surface area contributed by atoms with E-state index in [1.54, 1.807) is 4.90 Å². The molecule has 33 heavy (non-hydrogen) atoms. The van der Waals surface area contributed by atoms with E-state index in [-0.39, 0.29) is 16.5 Å². The summed E-state index contributed by atoms with van der Waals surface area (Å²) >= 11 is 7.18. The third-order valence-electron chi connectivity index (χ3n) is 5.55. The van der Waals surface area contributed by atoms with Gasteiger partial charge in [0.1, 0.15) is 16.6 Å². The van der Waals surface area contributed by atoms with Gasteiger partial charge in [0, 0.05) is 43.4 Å². The van der Waals surface area contributed by atoms with Crippen LogP contribution in [-0.2, 0) is 0 Å². The van der Waals surface area contributed by atoms with E-state index in [9.17, 15) is 14.0 Å². The van der Waals surface area contributed by atoms with E-state index < -0.39 is 5.82 Å². The minimum Gasteiger partial charge on any atom is -0.353 e. The summed E-state index contributed by atoms with van der Waals surface area (Å²) in [5.74, 6) is -0.193.